The summed E-state index contributed by atoms with van der Waals surface area (Å²) in [7, 11) is 0. The van der Waals surface area contributed by atoms with Crippen molar-refractivity contribution in [2.45, 2.75) is 51.7 Å². The van der Waals surface area contributed by atoms with Gasteiger partial charge in [0.25, 0.3) is 0 Å². The number of benzene rings is 2. The highest BCUT2D eigenvalue weighted by molar-refractivity contribution is 5.67. The first-order valence-electron chi connectivity index (χ1n) is 9.91. The van der Waals surface area contributed by atoms with Crippen LogP contribution < -0.4 is 5.32 Å². The van der Waals surface area contributed by atoms with Gasteiger partial charge in [0.05, 0.1) is 31.5 Å². The maximum Gasteiger partial charge on any atom is 0.407 e. The number of nitrogens with one attached hydrogen (secondary N) is 1. The molecule has 28 heavy (non-hydrogen) atoms. The van der Waals surface area contributed by atoms with E-state index in [0.29, 0.717) is 13.2 Å². The molecule has 1 fully saturated rings. The fourth-order valence-electron chi connectivity index (χ4n) is 3.62. The van der Waals surface area contributed by atoms with E-state index in [0.717, 1.165) is 17.5 Å². The van der Waals surface area contributed by atoms with E-state index in [9.17, 15) is 4.79 Å². The van der Waals surface area contributed by atoms with Gasteiger partial charge in [-0.2, -0.15) is 0 Å². The SMILES string of the molecule is CC[C@H]1OC[C@H](NC(=O)OCc2ccccc2)[C@@H](OCc2ccccc2)[C@H]1C. The summed E-state index contributed by atoms with van der Waals surface area (Å²) in [5, 5.41) is 2.94. The van der Waals surface area contributed by atoms with E-state index in [2.05, 4.69) is 19.2 Å². The van der Waals surface area contributed by atoms with Crippen LogP contribution in [0.4, 0.5) is 4.79 Å². The van der Waals surface area contributed by atoms with Crippen LogP contribution in [0.2, 0.25) is 0 Å². The Labute approximate surface area is 167 Å². The van der Waals surface area contributed by atoms with Crippen LogP contribution in [-0.4, -0.2) is 30.9 Å². The van der Waals surface area contributed by atoms with Crippen molar-refractivity contribution in [2.75, 3.05) is 6.61 Å². The summed E-state index contributed by atoms with van der Waals surface area (Å²) in [5.41, 5.74) is 2.06. The van der Waals surface area contributed by atoms with Gasteiger partial charge in [0.15, 0.2) is 0 Å². The number of amides is 1. The quantitative estimate of drug-likeness (QED) is 0.774. The average molecular weight is 383 g/mol. The van der Waals surface area contributed by atoms with Gasteiger partial charge in [-0.1, -0.05) is 74.5 Å². The molecule has 0 radical (unpaired) electrons. The van der Waals surface area contributed by atoms with Crippen LogP contribution in [0.15, 0.2) is 60.7 Å². The molecule has 5 heteroatoms. The Bertz CT molecular complexity index is 722. The second kappa shape index (κ2) is 10.2. The lowest BCUT2D eigenvalue weighted by Crippen LogP contribution is -2.56. The largest absolute Gasteiger partial charge is 0.445 e. The van der Waals surface area contributed by atoms with Crippen LogP contribution in [0.25, 0.3) is 0 Å². The molecule has 2 aromatic rings. The van der Waals surface area contributed by atoms with Gasteiger partial charge in [0.1, 0.15) is 6.61 Å². The Kier molecular flexibility index (Phi) is 7.46. The predicted molar refractivity (Wildman–Crippen MR) is 108 cm³/mol. The summed E-state index contributed by atoms with van der Waals surface area (Å²) in [6.45, 7) is 5.39. The first-order chi connectivity index (χ1) is 13.7. The van der Waals surface area contributed by atoms with Crippen molar-refractivity contribution in [3.05, 3.63) is 71.8 Å². The monoisotopic (exact) mass is 383 g/mol. The molecule has 0 unspecified atom stereocenters. The van der Waals surface area contributed by atoms with Gasteiger partial charge >= 0.3 is 6.09 Å². The van der Waals surface area contributed by atoms with Crippen molar-refractivity contribution in [3.8, 4) is 0 Å². The molecule has 1 heterocycles. The Morgan fingerprint density at radius 2 is 1.64 bits per heavy atom. The van der Waals surface area contributed by atoms with E-state index in [-0.39, 0.29) is 30.8 Å². The van der Waals surface area contributed by atoms with Gasteiger partial charge < -0.3 is 19.5 Å². The Morgan fingerprint density at radius 3 is 2.25 bits per heavy atom. The molecule has 1 saturated heterocycles. The summed E-state index contributed by atoms with van der Waals surface area (Å²) in [4.78, 5) is 12.3. The fourth-order valence-corrected chi connectivity index (χ4v) is 3.62. The molecule has 1 N–H and O–H groups in total. The van der Waals surface area contributed by atoms with E-state index < -0.39 is 6.09 Å². The molecule has 2 aromatic carbocycles. The fraction of sp³-hybridized carbons (Fsp3) is 0.435. The number of carbonyl (C=O) groups excluding carboxylic acids is 1. The number of carbonyl (C=O) groups is 1. The molecule has 150 valence electrons. The predicted octanol–water partition coefficient (Wildman–Crippen LogP) is 4.31. The Morgan fingerprint density at radius 1 is 1.04 bits per heavy atom. The normalized spacial score (nSPS) is 24.5. The van der Waals surface area contributed by atoms with Gasteiger partial charge in [0.2, 0.25) is 0 Å². The van der Waals surface area contributed by atoms with Gasteiger partial charge in [-0.05, 0) is 17.5 Å². The van der Waals surface area contributed by atoms with Gasteiger partial charge in [0, 0.05) is 5.92 Å². The zero-order valence-corrected chi connectivity index (χ0v) is 16.5. The third-order valence-corrected chi connectivity index (χ3v) is 5.19. The van der Waals surface area contributed by atoms with Crippen molar-refractivity contribution in [1.29, 1.82) is 0 Å². The van der Waals surface area contributed by atoms with Crippen molar-refractivity contribution in [1.82, 2.24) is 5.32 Å². The molecule has 5 nitrogen and oxygen atoms in total. The number of hydrogen-bond donors (Lipinski definition) is 1. The summed E-state index contributed by atoms with van der Waals surface area (Å²) in [6, 6.07) is 19.4. The summed E-state index contributed by atoms with van der Waals surface area (Å²) in [6.07, 6.45) is 0.451. The third kappa shape index (κ3) is 5.57. The zero-order chi connectivity index (χ0) is 19.8. The molecule has 1 aliphatic heterocycles. The molecule has 1 amide bonds. The maximum atomic E-state index is 12.3. The highest BCUT2D eigenvalue weighted by Crippen LogP contribution is 2.27. The molecular weight excluding hydrogens is 354 g/mol. The van der Waals surface area contributed by atoms with Gasteiger partial charge in [-0.3, -0.25) is 0 Å². The number of hydrogen-bond acceptors (Lipinski definition) is 4. The third-order valence-electron chi connectivity index (χ3n) is 5.19. The molecule has 0 aromatic heterocycles. The topological polar surface area (TPSA) is 56.8 Å². The molecule has 3 rings (SSSR count). The van der Waals surface area contributed by atoms with Crippen molar-refractivity contribution in [2.24, 2.45) is 5.92 Å². The standard InChI is InChI=1S/C23H29NO4/c1-3-21-17(2)22(27-14-18-10-6-4-7-11-18)20(16-26-21)24-23(25)28-15-19-12-8-5-9-13-19/h4-13,17,20-22H,3,14-16H2,1-2H3,(H,24,25)/t17-,20-,21+,22-/m0/s1. The first-order valence-corrected chi connectivity index (χ1v) is 9.91. The minimum absolute atomic E-state index is 0.124. The summed E-state index contributed by atoms with van der Waals surface area (Å²) in [5.74, 6) is 0.168. The van der Waals surface area contributed by atoms with Crippen LogP contribution in [0.3, 0.4) is 0 Å². The number of alkyl carbamates (subject to hydrolysis) is 1. The smallest absolute Gasteiger partial charge is 0.407 e. The molecule has 0 bridgehead atoms. The minimum atomic E-state index is -0.451. The van der Waals surface area contributed by atoms with E-state index in [1.807, 2.05) is 60.7 Å². The highest BCUT2D eigenvalue weighted by atomic mass is 16.6. The Hall–Kier alpha value is -2.37. The lowest BCUT2D eigenvalue weighted by atomic mass is 9.88. The lowest BCUT2D eigenvalue weighted by Gasteiger charge is -2.41. The maximum absolute atomic E-state index is 12.3. The van der Waals surface area contributed by atoms with E-state index in [4.69, 9.17) is 14.2 Å². The first kappa shape index (κ1) is 20.4. The van der Waals surface area contributed by atoms with Crippen molar-refractivity contribution < 1.29 is 19.0 Å². The van der Waals surface area contributed by atoms with Crippen LogP contribution in [0.1, 0.15) is 31.4 Å². The number of rotatable bonds is 7. The van der Waals surface area contributed by atoms with E-state index in [1.54, 1.807) is 0 Å². The molecule has 1 aliphatic rings. The van der Waals surface area contributed by atoms with Crippen LogP contribution in [0.5, 0.6) is 0 Å². The molecule has 0 spiro atoms. The van der Waals surface area contributed by atoms with Gasteiger partial charge in [-0.15, -0.1) is 0 Å². The van der Waals surface area contributed by atoms with E-state index >= 15 is 0 Å². The van der Waals surface area contributed by atoms with Crippen molar-refractivity contribution in [3.63, 3.8) is 0 Å². The molecule has 4 atom stereocenters. The Balaban J connectivity index is 1.58. The summed E-state index contributed by atoms with van der Waals surface area (Å²) < 4.78 is 17.6. The molecule has 0 aliphatic carbocycles. The van der Waals surface area contributed by atoms with Crippen molar-refractivity contribution >= 4 is 6.09 Å². The minimum Gasteiger partial charge on any atom is -0.445 e. The lowest BCUT2D eigenvalue weighted by molar-refractivity contribution is -0.134. The zero-order valence-electron chi connectivity index (χ0n) is 16.5. The molecule has 0 saturated carbocycles. The second-order valence-electron chi connectivity index (χ2n) is 7.21. The van der Waals surface area contributed by atoms with Crippen LogP contribution >= 0.6 is 0 Å². The van der Waals surface area contributed by atoms with Crippen LogP contribution in [0, 0.1) is 5.92 Å². The summed E-state index contributed by atoms with van der Waals surface area (Å²) >= 11 is 0. The second-order valence-corrected chi connectivity index (χ2v) is 7.21. The van der Waals surface area contributed by atoms with E-state index in [1.165, 1.54) is 0 Å². The molecular formula is C23H29NO4. The highest BCUT2D eigenvalue weighted by Gasteiger charge is 2.38. The average Bonchev–Trinajstić information content (AvgIpc) is 2.73. The van der Waals surface area contributed by atoms with Gasteiger partial charge in [-0.25, -0.2) is 4.79 Å². The van der Waals surface area contributed by atoms with Crippen LogP contribution in [-0.2, 0) is 27.4 Å². The number of ether oxygens (including phenoxy) is 3.